The second-order valence-electron chi connectivity index (χ2n) is 2.88. The second-order valence-corrected chi connectivity index (χ2v) is 5.14. The van der Waals surface area contributed by atoms with Crippen LogP contribution in [-0.4, -0.2) is 40.1 Å². The average Bonchev–Trinajstić information content (AvgIpc) is 1.94. The van der Waals surface area contributed by atoms with E-state index in [0.29, 0.717) is 13.0 Å². The van der Waals surface area contributed by atoms with Crippen molar-refractivity contribution >= 4 is 9.84 Å². The van der Waals surface area contributed by atoms with E-state index in [0.717, 1.165) is 19.5 Å². The highest BCUT2D eigenvalue weighted by Crippen LogP contribution is 1.86. The molecular formula is C7H18N2O2S. The highest BCUT2D eigenvalue weighted by Gasteiger charge is 1.99. The standard InChI is InChI=1S/C7H18N2O2S/c1-12(10,11)7-3-6-9-5-2-4-8/h9H,2-8H2,1H3. The summed E-state index contributed by atoms with van der Waals surface area (Å²) in [4.78, 5) is 0. The highest BCUT2D eigenvalue weighted by atomic mass is 32.2. The van der Waals surface area contributed by atoms with Gasteiger partial charge in [-0.25, -0.2) is 8.42 Å². The molecule has 0 heterocycles. The quantitative estimate of drug-likeness (QED) is 0.529. The number of nitrogens with two attached hydrogens (primary N) is 1. The summed E-state index contributed by atoms with van der Waals surface area (Å²) >= 11 is 0. The fourth-order valence-corrected chi connectivity index (χ4v) is 1.48. The number of hydrogen-bond donors (Lipinski definition) is 2. The molecule has 12 heavy (non-hydrogen) atoms. The first-order valence-electron chi connectivity index (χ1n) is 4.15. The van der Waals surface area contributed by atoms with Gasteiger partial charge in [-0.3, -0.25) is 0 Å². The monoisotopic (exact) mass is 194 g/mol. The van der Waals surface area contributed by atoms with Gasteiger partial charge in [-0.2, -0.15) is 0 Å². The summed E-state index contributed by atoms with van der Waals surface area (Å²) < 4.78 is 21.3. The van der Waals surface area contributed by atoms with Crippen LogP contribution in [0.2, 0.25) is 0 Å². The first-order valence-corrected chi connectivity index (χ1v) is 6.21. The van der Waals surface area contributed by atoms with E-state index in [2.05, 4.69) is 5.32 Å². The van der Waals surface area contributed by atoms with E-state index in [4.69, 9.17) is 5.73 Å². The van der Waals surface area contributed by atoms with Crippen molar-refractivity contribution in [1.82, 2.24) is 5.32 Å². The van der Waals surface area contributed by atoms with Gasteiger partial charge in [-0.15, -0.1) is 0 Å². The van der Waals surface area contributed by atoms with Crippen molar-refractivity contribution < 1.29 is 8.42 Å². The molecule has 0 spiro atoms. The van der Waals surface area contributed by atoms with Gasteiger partial charge in [0.05, 0.1) is 5.75 Å². The molecule has 0 atom stereocenters. The topological polar surface area (TPSA) is 72.2 Å². The molecule has 0 aromatic carbocycles. The van der Waals surface area contributed by atoms with Crippen LogP contribution >= 0.6 is 0 Å². The lowest BCUT2D eigenvalue weighted by molar-refractivity contribution is 0.592. The van der Waals surface area contributed by atoms with Gasteiger partial charge in [-0.1, -0.05) is 0 Å². The van der Waals surface area contributed by atoms with Crippen molar-refractivity contribution in [3.8, 4) is 0 Å². The SMILES string of the molecule is CS(=O)(=O)CCCNCCCN. The number of rotatable bonds is 7. The summed E-state index contributed by atoms with van der Waals surface area (Å²) in [6.07, 6.45) is 2.88. The molecular weight excluding hydrogens is 176 g/mol. The second kappa shape index (κ2) is 6.39. The molecule has 0 saturated carbocycles. The smallest absolute Gasteiger partial charge is 0.147 e. The van der Waals surface area contributed by atoms with Crippen molar-refractivity contribution in [1.29, 1.82) is 0 Å². The van der Waals surface area contributed by atoms with Crippen molar-refractivity contribution in [2.75, 3.05) is 31.6 Å². The molecule has 0 fully saturated rings. The minimum atomic E-state index is -2.78. The Bertz CT molecular complexity index is 190. The third-order valence-corrected chi connectivity index (χ3v) is 2.46. The first kappa shape index (κ1) is 11.9. The molecule has 0 aromatic heterocycles. The van der Waals surface area contributed by atoms with Crippen LogP contribution in [0.1, 0.15) is 12.8 Å². The molecule has 74 valence electrons. The fraction of sp³-hybridized carbons (Fsp3) is 1.00. The largest absolute Gasteiger partial charge is 0.330 e. The maximum Gasteiger partial charge on any atom is 0.147 e. The van der Waals surface area contributed by atoms with Gasteiger partial charge < -0.3 is 11.1 Å². The lowest BCUT2D eigenvalue weighted by atomic mass is 10.4. The van der Waals surface area contributed by atoms with Gasteiger partial charge in [0, 0.05) is 6.26 Å². The minimum Gasteiger partial charge on any atom is -0.330 e. The first-order chi connectivity index (χ1) is 5.56. The van der Waals surface area contributed by atoms with Gasteiger partial charge in [0.2, 0.25) is 0 Å². The van der Waals surface area contributed by atoms with Crippen molar-refractivity contribution in [3.63, 3.8) is 0 Å². The molecule has 4 nitrogen and oxygen atoms in total. The molecule has 0 radical (unpaired) electrons. The maximum atomic E-state index is 10.7. The van der Waals surface area contributed by atoms with Gasteiger partial charge in [0.1, 0.15) is 9.84 Å². The average molecular weight is 194 g/mol. The molecule has 0 amide bonds. The molecule has 3 N–H and O–H groups in total. The van der Waals surface area contributed by atoms with Crippen molar-refractivity contribution in [2.24, 2.45) is 5.73 Å². The zero-order valence-electron chi connectivity index (χ0n) is 7.54. The summed E-state index contributed by atoms with van der Waals surface area (Å²) in [5.74, 6) is 0.266. The Morgan fingerprint density at radius 1 is 1.25 bits per heavy atom. The Kier molecular flexibility index (Phi) is 6.32. The van der Waals surface area contributed by atoms with Gasteiger partial charge in [0.15, 0.2) is 0 Å². The maximum absolute atomic E-state index is 10.7. The van der Waals surface area contributed by atoms with Crippen LogP contribution in [0.25, 0.3) is 0 Å². The number of sulfone groups is 1. The lowest BCUT2D eigenvalue weighted by Gasteiger charge is -2.01. The van der Waals surface area contributed by atoms with E-state index in [1.165, 1.54) is 6.26 Å². The van der Waals surface area contributed by atoms with E-state index >= 15 is 0 Å². The predicted molar refractivity (Wildman–Crippen MR) is 50.9 cm³/mol. The van der Waals surface area contributed by atoms with E-state index < -0.39 is 9.84 Å². The third kappa shape index (κ3) is 9.87. The van der Waals surface area contributed by atoms with Crippen molar-refractivity contribution in [3.05, 3.63) is 0 Å². The van der Waals surface area contributed by atoms with Gasteiger partial charge in [0.25, 0.3) is 0 Å². The zero-order chi connectivity index (χ0) is 9.45. The van der Waals surface area contributed by atoms with Crippen LogP contribution in [0, 0.1) is 0 Å². The number of nitrogens with one attached hydrogen (secondary N) is 1. The van der Waals surface area contributed by atoms with Crippen LogP contribution in [0.15, 0.2) is 0 Å². The van der Waals surface area contributed by atoms with Crippen LogP contribution in [0.4, 0.5) is 0 Å². The predicted octanol–water partition coefficient (Wildman–Crippen LogP) is -0.640. The molecule has 0 saturated heterocycles. The summed E-state index contributed by atoms with van der Waals surface area (Å²) in [5, 5.41) is 3.11. The molecule has 0 aliphatic heterocycles. The molecule has 0 aliphatic rings. The molecule has 0 unspecified atom stereocenters. The van der Waals surface area contributed by atoms with Crippen LogP contribution in [0.3, 0.4) is 0 Å². The van der Waals surface area contributed by atoms with E-state index in [-0.39, 0.29) is 5.75 Å². The zero-order valence-corrected chi connectivity index (χ0v) is 8.36. The Hall–Kier alpha value is -0.130. The van der Waals surface area contributed by atoms with E-state index in [9.17, 15) is 8.42 Å². The van der Waals surface area contributed by atoms with Crippen LogP contribution in [0.5, 0.6) is 0 Å². The molecule has 0 rings (SSSR count). The van der Waals surface area contributed by atoms with Gasteiger partial charge >= 0.3 is 0 Å². The Balaban J connectivity index is 3.12. The van der Waals surface area contributed by atoms with E-state index in [1.807, 2.05) is 0 Å². The summed E-state index contributed by atoms with van der Waals surface area (Å²) in [7, 11) is -2.78. The minimum absolute atomic E-state index is 0.266. The van der Waals surface area contributed by atoms with Crippen molar-refractivity contribution in [2.45, 2.75) is 12.8 Å². The molecule has 0 aromatic rings. The Morgan fingerprint density at radius 2 is 1.83 bits per heavy atom. The normalized spacial score (nSPS) is 11.8. The molecule has 5 heteroatoms. The fourth-order valence-electron chi connectivity index (χ4n) is 0.811. The lowest BCUT2D eigenvalue weighted by Crippen LogP contribution is -2.21. The van der Waals surface area contributed by atoms with Crippen LogP contribution in [-0.2, 0) is 9.84 Å². The summed E-state index contributed by atoms with van der Waals surface area (Å²) in [5.41, 5.74) is 5.28. The molecule has 0 bridgehead atoms. The Morgan fingerprint density at radius 3 is 2.33 bits per heavy atom. The molecule has 0 aliphatic carbocycles. The highest BCUT2D eigenvalue weighted by molar-refractivity contribution is 7.90. The summed E-state index contributed by atoms with van der Waals surface area (Å²) in [6, 6.07) is 0. The summed E-state index contributed by atoms with van der Waals surface area (Å²) in [6.45, 7) is 2.31. The number of hydrogen-bond acceptors (Lipinski definition) is 4. The van der Waals surface area contributed by atoms with Crippen LogP contribution < -0.4 is 11.1 Å². The van der Waals surface area contributed by atoms with E-state index in [1.54, 1.807) is 0 Å². The van der Waals surface area contributed by atoms with Gasteiger partial charge in [-0.05, 0) is 32.5 Å². The Labute approximate surface area is 74.4 Å². The third-order valence-electron chi connectivity index (χ3n) is 1.43.